The second-order valence-corrected chi connectivity index (χ2v) is 14.9. The molecule has 1 aliphatic carbocycles. The highest BCUT2D eigenvalue weighted by molar-refractivity contribution is 6.22. The first-order valence-electron chi connectivity index (χ1n) is 19.3. The Kier molecular flexibility index (Phi) is 7.41. The molecular formula is C53H38N2. The molecule has 0 fully saturated rings. The third kappa shape index (κ3) is 5.33. The molecule has 1 N–H and O–H groups in total. The van der Waals surface area contributed by atoms with Crippen molar-refractivity contribution in [3.63, 3.8) is 0 Å². The van der Waals surface area contributed by atoms with Gasteiger partial charge in [-0.3, -0.25) is 0 Å². The fourth-order valence-electron chi connectivity index (χ4n) is 9.10. The smallest absolute Gasteiger partial charge is 0.126 e. The molecule has 0 spiro atoms. The standard InChI is InChI=1S/C53H38N2/c1-2-16-44(17-3-1)55-50-21-11-10-20-49(50)54-53(55)38-26-22-37(23-27-38)41-30-31-47-48(34-41)52(43-29-25-36-13-5-7-15-40(36)33-43)46-19-9-8-18-45(46)51(47)42-28-24-35-12-4-6-14-39(35)32-42/h1-22,24-26,28-34,53-54H,23,27H2. The van der Waals surface area contributed by atoms with Crippen molar-refractivity contribution in [3.05, 3.63) is 205 Å². The van der Waals surface area contributed by atoms with Crippen LogP contribution in [0.15, 0.2) is 200 Å². The molecule has 9 aromatic carbocycles. The molecule has 2 nitrogen and oxygen atoms in total. The topological polar surface area (TPSA) is 15.3 Å². The maximum absolute atomic E-state index is 3.85. The summed E-state index contributed by atoms with van der Waals surface area (Å²) >= 11 is 0. The van der Waals surface area contributed by atoms with E-state index in [9.17, 15) is 0 Å². The van der Waals surface area contributed by atoms with Crippen molar-refractivity contribution in [2.24, 2.45) is 0 Å². The van der Waals surface area contributed by atoms with E-state index in [1.54, 1.807) is 0 Å². The van der Waals surface area contributed by atoms with Crippen LogP contribution >= 0.6 is 0 Å². The van der Waals surface area contributed by atoms with Gasteiger partial charge in [-0.05, 0) is 137 Å². The Bertz CT molecular complexity index is 3030. The summed E-state index contributed by atoms with van der Waals surface area (Å²) in [6.45, 7) is 0. The first kappa shape index (κ1) is 31.6. The van der Waals surface area contributed by atoms with Crippen molar-refractivity contribution in [1.82, 2.24) is 0 Å². The highest BCUT2D eigenvalue weighted by Crippen LogP contribution is 2.47. The van der Waals surface area contributed by atoms with E-state index in [2.05, 4.69) is 204 Å². The van der Waals surface area contributed by atoms with Crippen LogP contribution in [0.1, 0.15) is 18.4 Å². The second-order valence-electron chi connectivity index (χ2n) is 14.9. The quantitative estimate of drug-likeness (QED) is 0.180. The molecule has 55 heavy (non-hydrogen) atoms. The molecule has 0 amide bonds. The largest absolute Gasteiger partial charge is 0.360 e. The third-order valence-electron chi connectivity index (χ3n) is 11.8. The van der Waals surface area contributed by atoms with E-state index in [1.165, 1.54) is 99.1 Å². The Labute approximate surface area is 321 Å². The van der Waals surface area contributed by atoms with Gasteiger partial charge in [0, 0.05) is 5.69 Å². The molecule has 0 bridgehead atoms. The maximum atomic E-state index is 3.85. The number of allylic oxidation sites excluding steroid dienone is 3. The van der Waals surface area contributed by atoms with Gasteiger partial charge in [0.1, 0.15) is 6.17 Å². The first-order chi connectivity index (χ1) is 27.3. The Morgan fingerprint density at radius 2 is 0.982 bits per heavy atom. The molecule has 0 radical (unpaired) electrons. The summed E-state index contributed by atoms with van der Waals surface area (Å²) in [5, 5.41) is 14.0. The monoisotopic (exact) mass is 702 g/mol. The minimum Gasteiger partial charge on any atom is -0.360 e. The third-order valence-corrected chi connectivity index (χ3v) is 11.8. The Morgan fingerprint density at radius 1 is 0.418 bits per heavy atom. The van der Waals surface area contributed by atoms with Crippen molar-refractivity contribution in [3.8, 4) is 22.3 Å². The highest BCUT2D eigenvalue weighted by atomic mass is 15.3. The number of nitrogens with zero attached hydrogens (tertiary/aromatic N) is 1. The number of nitrogens with one attached hydrogen (secondary N) is 1. The fourth-order valence-corrected chi connectivity index (χ4v) is 9.10. The molecule has 1 aliphatic heterocycles. The van der Waals surface area contributed by atoms with Gasteiger partial charge in [0.2, 0.25) is 0 Å². The average molecular weight is 703 g/mol. The van der Waals surface area contributed by atoms with E-state index >= 15 is 0 Å². The lowest BCUT2D eigenvalue weighted by atomic mass is 9.83. The van der Waals surface area contributed by atoms with Crippen LogP contribution in [0.3, 0.4) is 0 Å². The lowest BCUT2D eigenvalue weighted by molar-refractivity contribution is 0.795. The number of fused-ring (bicyclic) bond motifs is 5. The molecule has 11 rings (SSSR count). The van der Waals surface area contributed by atoms with Crippen LogP contribution in [-0.2, 0) is 0 Å². The SMILES string of the molecule is C1=C(c2ccc3c(-c4ccc5ccccc5c4)c4ccccc4c(-c4ccc5ccccc5c4)c3c2)CCC(C2Nc3ccccc3N2c2ccccc2)=C1. The van der Waals surface area contributed by atoms with Crippen LogP contribution < -0.4 is 10.2 Å². The number of anilines is 3. The lowest BCUT2D eigenvalue weighted by Gasteiger charge is -2.30. The molecule has 0 saturated carbocycles. The van der Waals surface area contributed by atoms with Gasteiger partial charge in [-0.1, -0.05) is 152 Å². The zero-order valence-electron chi connectivity index (χ0n) is 30.4. The number of para-hydroxylation sites is 3. The molecular weight excluding hydrogens is 665 g/mol. The van der Waals surface area contributed by atoms with Crippen molar-refractivity contribution < 1.29 is 0 Å². The van der Waals surface area contributed by atoms with Gasteiger partial charge in [0.05, 0.1) is 11.4 Å². The number of hydrogen-bond donors (Lipinski definition) is 1. The second kappa shape index (κ2) is 12.9. The molecule has 9 aromatic rings. The lowest BCUT2D eigenvalue weighted by Crippen LogP contribution is -2.34. The predicted octanol–water partition coefficient (Wildman–Crippen LogP) is 14.3. The zero-order chi connectivity index (χ0) is 36.3. The van der Waals surface area contributed by atoms with Gasteiger partial charge in [-0.2, -0.15) is 0 Å². The van der Waals surface area contributed by atoms with E-state index in [1.807, 2.05) is 0 Å². The minimum absolute atomic E-state index is 0.0737. The van der Waals surface area contributed by atoms with Crippen LogP contribution in [0, 0.1) is 0 Å². The van der Waals surface area contributed by atoms with E-state index in [0.717, 1.165) is 12.8 Å². The summed E-state index contributed by atoms with van der Waals surface area (Å²) in [5.41, 5.74) is 12.7. The Morgan fingerprint density at radius 3 is 1.65 bits per heavy atom. The molecule has 1 unspecified atom stereocenters. The summed E-state index contributed by atoms with van der Waals surface area (Å²) < 4.78 is 0. The summed E-state index contributed by atoms with van der Waals surface area (Å²) in [6.07, 6.45) is 6.77. The van der Waals surface area contributed by atoms with E-state index < -0.39 is 0 Å². The number of benzene rings is 9. The van der Waals surface area contributed by atoms with Crippen molar-refractivity contribution in [2.75, 3.05) is 10.2 Å². The maximum Gasteiger partial charge on any atom is 0.126 e. The average Bonchev–Trinajstić information content (AvgIpc) is 3.65. The normalized spacial score (nSPS) is 15.3. The number of rotatable bonds is 5. The van der Waals surface area contributed by atoms with Crippen molar-refractivity contribution in [1.29, 1.82) is 0 Å². The first-order valence-corrected chi connectivity index (χ1v) is 19.3. The van der Waals surface area contributed by atoms with E-state index in [0.29, 0.717) is 0 Å². The predicted molar refractivity (Wildman–Crippen MR) is 235 cm³/mol. The molecule has 1 atom stereocenters. The molecule has 0 aromatic heterocycles. The molecule has 2 aliphatic rings. The van der Waals surface area contributed by atoms with Crippen LogP contribution in [0.5, 0.6) is 0 Å². The number of hydrogen-bond acceptors (Lipinski definition) is 2. The minimum atomic E-state index is 0.0737. The van der Waals surface area contributed by atoms with Gasteiger partial charge in [-0.25, -0.2) is 0 Å². The fraction of sp³-hybridized carbons (Fsp3) is 0.0566. The van der Waals surface area contributed by atoms with E-state index in [-0.39, 0.29) is 6.17 Å². The molecule has 1 heterocycles. The molecule has 0 saturated heterocycles. The van der Waals surface area contributed by atoms with Crippen LogP contribution in [-0.4, -0.2) is 6.17 Å². The van der Waals surface area contributed by atoms with Crippen molar-refractivity contribution >= 4 is 65.7 Å². The summed E-state index contributed by atoms with van der Waals surface area (Å²) in [4.78, 5) is 2.45. The van der Waals surface area contributed by atoms with Gasteiger partial charge in [0.15, 0.2) is 0 Å². The van der Waals surface area contributed by atoms with Gasteiger partial charge in [-0.15, -0.1) is 0 Å². The van der Waals surface area contributed by atoms with Crippen LogP contribution in [0.25, 0.3) is 70.9 Å². The van der Waals surface area contributed by atoms with Gasteiger partial charge < -0.3 is 10.2 Å². The van der Waals surface area contributed by atoms with Crippen LogP contribution in [0.4, 0.5) is 17.1 Å². The van der Waals surface area contributed by atoms with Gasteiger partial charge >= 0.3 is 0 Å². The Balaban J connectivity index is 1.09. The summed E-state index contributed by atoms with van der Waals surface area (Å²) in [6, 6.07) is 66.9. The van der Waals surface area contributed by atoms with Crippen LogP contribution in [0.2, 0.25) is 0 Å². The van der Waals surface area contributed by atoms with Gasteiger partial charge in [0.25, 0.3) is 0 Å². The molecule has 2 heteroatoms. The summed E-state index contributed by atoms with van der Waals surface area (Å²) in [7, 11) is 0. The summed E-state index contributed by atoms with van der Waals surface area (Å²) in [5.74, 6) is 0. The molecule has 260 valence electrons. The zero-order valence-corrected chi connectivity index (χ0v) is 30.4. The van der Waals surface area contributed by atoms with E-state index in [4.69, 9.17) is 0 Å². The highest BCUT2D eigenvalue weighted by Gasteiger charge is 2.32. The Hall–Kier alpha value is -6.90. The van der Waals surface area contributed by atoms with Crippen molar-refractivity contribution in [2.45, 2.75) is 19.0 Å².